The summed E-state index contributed by atoms with van der Waals surface area (Å²) in [6.07, 6.45) is 1.63. The van der Waals surface area contributed by atoms with Gasteiger partial charge in [0.05, 0.1) is 16.0 Å². The van der Waals surface area contributed by atoms with Crippen molar-refractivity contribution in [2.75, 3.05) is 26.2 Å². The predicted molar refractivity (Wildman–Crippen MR) is 89.6 cm³/mol. The number of hydrogen-bond acceptors (Lipinski definition) is 5. The molecule has 2 fully saturated rings. The van der Waals surface area contributed by atoms with Gasteiger partial charge in [-0.25, -0.2) is 0 Å². The number of thiophene rings is 1. The maximum atomic E-state index is 13.0. The Labute approximate surface area is 144 Å². The van der Waals surface area contributed by atoms with E-state index in [9.17, 15) is 9.59 Å². The molecule has 126 valence electrons. The highest BCUT2D eigenvalue weighted by Crippen LogP contribution is 2.50. The number of nitrogens with zero attached hydrogens (tertiary/aromatic N) is 3. The van der Waals surface area contributed by atoms with Crippen molar-refractivity contribution >= 4 is 23.2 Å². The first-order valence-electron chi connectivity index (χ1n) is 8.16. The van der Waals surface area contributed by atoms with Crippen LogP contribution in [-0.4, -0.2) is 52.9 Å². The molecule has 1 aliphatic heterocycles. The lowest BCUT2D eigenvalue weighted by atomic mass is 9.99. The Balaban J connectivity index is 1.49. The van der Waals surface area contributed by atoms with Crippen LogP contribution in [0.1, 0.15) is 25.5 Å². The summed E-state index contributed by atoms with van der Waals surface area (Å²) >= 11 is 1.59. The van der Waals surface area contributed by atoms with Crippen LogP contribution in [0, 0.1) is 0 Å². The third-order valence-corrected chi connectivity index (χ3v) is 5.82. The molecule has 1 saturated carbocycles. The van der Waals surface area contributed by atoms with E-state index < -0.39 is 5.41 Å². The molecule has 0 atom stereocenters. The Bertz CT molecular complexity index is 756. The zero-order valence-electron chi connectivity index (χ0n) is 13.5. The smallest absolute Gasteiger partial charge is 0.235 e. The van der Waals surface area contributed by atoms with Gasteiger partial charge in [0.25, 0.3) is 0 Å². The van der Waals surface area contributed by atoms with Crippen LogP contribution < -0.4 is 0 Å². The van der Waals surface area contributed by atoms with E-state index in [4.69, 9.17) is 4.52 Å². The van der Waals surface area contributed by atoms with Crippen molar-refractivity contribution in [1.82, 2.24) is 15.0 Å². The Kier molecular flexibility index (Phi) is 3.68. The highest BCUT2D eigenvalue weighted by Gasteiger charge is 2.55. The fourth-order valence-corrected chi connectivity index (χ4v) is 3.94. The molecular formula is C17H19N3O3S. The molecule has 0 aromatic carbocycles. The molecule has 4 rings (SSSR count). The molecule has 1 aliphatic carbocycles. The van der Waals surface area contributed by atoms with Crippen LogP contribution in [0.4, 0.5) is 0 Å². The number of carbonyl (C=O) groups excluding carboxylic acids is 2. The van der Waals surface area contributed by atoms with Gasteiger partial charge in [-0.2, -0.15) is 0 Å². The maximum Gasteiger partial charge on any atom is 0.235 e. The second-order valence-electron chi connectivity index (χ2n) is 6.43. The molecule has 2 aliphatic rings. The Morgan fingerprint density at radius 2 is 1.92 bits per heavy atom. The second-order valence-corrected chi connectivity index (χ2v) is 7.38. The third kappa shape index (κ3) is 2.53. The van der Waals surface area contributed by atoms with Crippen LogP contribution in [-0.2, 0) is 15.0 Å². The summed E-state index contributed by atoms with van der Waals surface area (Å²) in [5.41, 5.74) is 0.224. The SMILES string of the molecule is CC(=O)N1CCN(C(=O)C2(c3cc(-c4cccs4)on3)CC2)CC1. The van der Waals surface area contributed by atoms with Crippen molar-refractivity contribution < 1.29 is 14.1 Å². The van der Waals surface area contributed by atoms with Gasteiger partial charge in [-0.1, -0.05) is 11.2 Å². The summed E-state index contributed by atoms with van der Waals surface area (Å²) in [5, 5.41) is 6.18. The molecule has 2 amide bonds. The second kappa shape index (κ2) is 5.73. The molecule has 0 unspecified atom stereocenters. The molecule has 0 radical (unpaired) electrons. The highest BCUT2D eigenvalue weighted by molar-refractivity contribution is 7.13. The van der Waals surface area contributed by atoms with Gasteiger partial charge in [-0.3, -0.25) is 9.59 Å². The van der Waals surface area contributed by atoms with Gasteiger partial charge >= 0.3 is 0 Å². The molecule has 2 aromatic heterocycles. The number of amides is 2. The fraction of sp³-hybridized carbons (Fsp3) is 0.471. The molecule has 7 heteroatoms. The summed E-state index contributed by atoms with van der Waals surface area (Å²) in [6.45, 7) is 3.97. The zero-order chi connectivity index (χ0) is 16.7. The molecule has 24 heavy (non-hydrogen) atoms. The van der Waals surface area contributed by atoms with Crippen LogP contribution in [0.15, 0.2) is 28.1 Å². The van der Waals surface area contributed by atoms with E-state index in [0.29, 0.717) is 26.2 Å². The van der Waals surface area contributed by atoms with Crippen LogP contribution >= 0.6 is 11.3 Å². The first kappa shape index (κ1) is 15.4. The first-order valence-corrected chi connectivity index (χ1v) is 9.04. The first-order chi connectivity index (χ1) is 11.6. The Hall–Kier alpha value is -2.15. The number of aromatic nitrogens is 1. The van der Waals surface area contributed by atoms with Crippen molar-refractivity contribution in [3.63, 3.8) is 0 Å². The van der Waals surface area contributed by atoms with E-state index in [1.165, 1.54) is 0 Å². The van der Waals surface area contributed by atoms with Crippen LogP contribution in [0.3, 0.4) is 0 Å². The number of rotatable bonds is 3. The van der Waals surface area contributed by atoms with E-state index in [1.54, 1.807) is 23.2 Å². The van der Waals surface area contributed by atoms with Gasteiger partial charge < -0.3 is 14.3 Å². The highest BCUT2D eigenvalue weighted by atomic mass is 32.1. The molecule has 0 bridgehead atoms. The topological polar surface area (TPSA) is 66.7 Å². The average molecular weight is 345 g/mol. The third-order valence-electron chi connectivity index (χ3n) is 4.94. The minimum Gasteiger partial charge on any atom is -0.355 e. The van der Waals surface area contributed by atoms with E-state index in [2.05, 4.69) is 5.16 Å². The summed E-state index contributed by atoms with van der Waals surface area (Å²) in [6, 6.07) is 5.86. The molecular weight excluding hydrogens is 326 g/mol. The molecule has 0 N–H and O–H groups in total. The van der Waals surface area contributed by atoms with Crippen LogP contribution in [0.2, 0.25) is 0 Å². The lowest BCUT2D eigenvalue weighted by molar-refractivity contribution is -0.140. The van der Waals surface area contributed by atoms with E-state index >= 15 is 0 Å². The van der Waals surface area contributed by atoms with Crippen LogP contribution in [0.5, 0.6) is 0 Å². The van der Waals surface area contributed by atoms with Crippen molar-refractivity contribution in [3.8, 4) is 10.6 Å². The van der Waals surface area contributed by atoms with Gasteiger partial charge in [-0.15, -0.1) is 11.3 Å². The monoisotopic (exact) mass is 345 g/mol. The number of carbonyl (C=O) groups is 2. The zero-order valence-corrected chi connectivity index (χ0v) is 14.3. The molecule has 3 heterocycles. The summed E-state index contributed by atoms with van der Waals surface area (Å²) in [5.74, 6) is 0.914. The molecule has 2 aromatic rings. The standard InChI is InChI=1S/C17H19N3O3S/c1-12(21)19-6-8-20(9-7-19)16(22)17(4-5-17)15-11-13(23-18-15)14-3-2-10-24-14/h2-3,10-11H,4-9H2,1H3. The van der Waals surface area contributed by atoms with Crippen molar-refractivity contribution in [1.29, 1.82) is 0 Å². The van der Waals surface area contributed by atoms with Crippen molar-refractivity contribution in [2.24, 2.45) is 0 Å². The Morgan fingerprint density at radius 3 is 2.50 bits per heavy atom. The lowest BCUT2D eigenvalue weighted by Crippen LogP contribution is -2.52. The lowest BCUT2D eigenvalue weighted by Gasteiger charge is -2.35. The fourth-order valence-electron chi connectivity index (χ4n) is 3.27. The van der Waals surface area contributed by atoms with Crippen LogP contribution in [0.25, 0.3) is 10.6 Å². The maximum absolute atomic E-state index is 13.0. The molecule has 1 saturated heterocycles. The number of hydrogen-bond donors (Lipinski definition) is 0. The minimum atomic E-state index is -0.516. The van der Waals surface area contributed by atoms with Crippen molar-refractivity contribution in [2.45, 2.75) is 25.2 Å². The van der Waals surface area contributed by atoms with Gasteiger partial charge in [0.15, 0.2) is 5.76 Å². The van der Waals surface area contributed by atoms with Gasteiger partial charge in [0.1, 0.15) is 0 Å². The quantitative estimate of drug-likeness (QED) is 0.855. The van der Waals surface area contributed by atoms with Gasteiger partial charge in [0.2, 0.25) is 11.8 Å². The van der Waals surface area contributed by atoms with Gasteiger partial charge in [0, 0.05) is 39.2 Å². The summed E-state index contributed by atoms with van der Waals surface area (Å²) in [7, 11) is 0. The largest absolute Gasteiger partial charge is 0.355 e. The predicted octanol–water partition coefficient (Wildman–Crippen LogP) is 2.13. The molecule has 0 spiro atoms. The van der Waals surface area contributed by atoms with E-state index in [0.717, 1.165) is 29.2 Å². The van der Waals surface area contributed by atoms with Crippen molar-refractivity contribution in [3.05, 3.63) is 29.3 Å². The summed E-state index contributed by atoms with van der Waals surface area (Å²) in [4.78, 5) is 29.1. The summed E-state index contributed by atoms with van der Waals surface area (Å²) < 4.78 is 5.46. The normalized spacial score (nSPS) is 19.4. The molecule has 6 nitrogen and oxygen atoms in total. The number of piperazine rings is 1. The Morgan fingerprint density at radius 1 is 1.21 bits per heavy atom. The minimum absolute atomic E-state index is 0.0697. The van der Waals surface area contributed by atoms with E-state index in [1.807, 2.05) is 28.5 Å². The van der Waals surface area contributed by atoms with Gasteiger partial charge in [-0.05, 0) is 24.3 Å². The average Bonchev–Trinajstić information content (AvgIpc) is 3.03. The van der Waals surface area contributed by atoms with E-state index in [-0.39, 0.29) is 11.8 Å².